The van der Waals surface area contributed by atoms with Gasteiger partial charge in [0.05, 0.1) is 11.0 Å². The maximum Gasteiger partial charge on any atom is 0.164 e. The molecule has 0 saturated heterocycles. The molecule has 0 saturated carbocycles. The lowest BCUT2D eigenvalue weighted by Gasteiger charge is -2.12. The molecule has 58 heavy (non-hydrogen) atoms. The number of benzene rings is 9. The summed E-state index contributed by atoms with van der Waals surface area (Å²) in [7, 11) is 0. The fraction of sp³-hybridized carbons (Fsp3) is 0. The maximum absolute atomic E-state index is 6.70. The van der Waals surface area contributed by atoms with E-state index in [1.807, 2.05) is 6.07 Å². The molecule has 12 aromatic rings. The van der Waals surface area contributed by atoms with Crippen LogP contribution in [0.5, 0.6) is 0 Å². The number of nitrogens with zero attached hydrogens (tertiary/aromatic N) is 4. The highest BCUT2D eigenvalue weighted by Gasteiger charge is 2.20. The lowest BCUT2D eigenvalue weighted by molar-refractivity contribution is 0.669. The molecule has 0 radical (unpaired) electrons. The molecule has 0 fully saturated rings. The van der Waals surface area contributed by atoms with Gasteiger partial charge < -0.3 is 8.98 Å². The summed E-state index contributed by atoms with van der Waals surface area (Å²) in [6.45, 7) is 0. The molecule has 270 valence electrons. The summed E-state index contributed by atoms with van der Waals surface area (Å²) < 4.78 is 9.02. The summed E-state index contributed by atoms with van der Waals surface area (Å²) in [5.74, 6) is 1.80. The van der Waals surface area contributed by atoms with Gasteiger partial charge in [0.25, 0.3) is 0 Å². The van der Waals surface area contributed by atoms with E-state index in [0.29, 0.717) is 17.5 Å². The van der Waals surface area contributed by atoms with Gasteiger partial charge in [-0.3, -0.25) is 0 Å². The molecule has 3 heterocycles. The Kier molecular flexibility index (Phi) is 7.16. The Morgan fingerprint density at radius 3 is 1.69 bits per heavy atom. The van der Waals surface area contributed by atoms with Crippen molar-refractivity contribution in [2.75, 3.05) is 0 Å². The second kappa shape index (κ2) is 12.8. The summed E-state index contributed by atoms with van der Waals surface area (Å²) in [5, 5.41) is 9.05. The van der Waals surface area contributed by atoms with Crippen molar-refractivity contribution in [2.45, 2.75) is 0 Å². The minimum absolute atomic E-state index is 0.586. The molecule has 12 rings (SSSR count). The van der Waals surface area contributed by atoms with Crippen LogP contribution in [0.4, 0.5) is 0 Å². The van der Waals surface area contributed by atoms with Crippen LogP contribution >= 0.6 is 0 Å². The van der Waals surface area contributed by atoms with Crippen molar-refractivity contribution in [3.63, 3.8) is 0 Å². The first-order valence-corrected chi connectivity index (χ1v) is 19.5. The predicted molar refractivity (Wildman–Crippen MR) is 238 cm³/mol. The number of para-hydroxylation sites is 2. The van der Waals surface area contributed by atoms with E-state index in [4.69, 9.17) is 19.4 Å². The van der Waals surface area contributed by atoms with Gasteiger partial charge in [-0.05, 0) is 93.3 Å². The second-order valence-electron chi connectivity index (χ2n) is 14.8. The van der Waals surface area contributed by atoms with E-state index in [1.165, 1.54) is 21.8 Å². The quantitative estimate of drug-likeness (QED) is 0.176. The van der Waals surface area contributed by atoms with Crippen LogP contribution in [0.25, 0.3) is 116 Å². The van der Waals surface area contributed by atoms with Crippen LogP contribution in [0.15, 0.2) is 199 Å². The fourth-order valence-electron chi connectivity index (χ4n) is 8.68. The highest BCUT2D eigenvalue weighted by atomic mass is 16.3. The first kappa shape index (κ1) is 32.4. The average molecular weight is 741 g/mol. The maximum atomic E-state index is 6.70. The summed E-state index contributed by atoms with van der Waals surface area (Å²) in [5.41, 5.74) is 10.0. The van der Waals surface area contributed by atoms with Crippen molar-refractivity contribution in [1.82, 2.24) is 19.5 Å². The average Bonchev–Trinajstić information content (AvgIpc) is 3.84. The van der Waals surface area contributed by atoms with E-state index in [2.05, 4.69) is 193 Å². The monoisotopic (exact) mass is 740 g/mol. The molecule has 5 nitrogen and oxygen atoms in total. The van der Waals surface area contributed by atoms with Gasteiger partial charge >= 0.3 is 0 Å². The molecule has 9 aromatic carbocycles. The van der Waals surface area contributed by atoms with Gasteiger partial charge in [-0.2, -0.15) is 0 Å². The van der Waals surface area contributed by atoms with Crippen LogP contribution < -0.4 is 0 Å². The first-order chi connectivity index (χ1) is 28.7. The number of aromatic nitrogens is 4. The third-order valence-electron chi connectivity index (χ3n) is 11.4. The minimum Gasteiger partial charge on any atom is -0.456 e. The second-order valence-corrected chi connectivity index (χ2v) is 14.8. The molecule has 0 aliphatic carbocycles. The molecule has 0 N–H and O–H groups in total. The Bertz CT molecular complexity index is 3510. The Balaban J connectivity index is 1.05. The van der Waals surface area contributed by atoms with Crippen LogP contribution in [-0.4, -0.2) is 19.5 Å². The zero-order valence-electron chi connectivity index (χ0n) is 31.2. The smallest absolute Gasteiger partial charge is 0.164 e. The molecular formula is C53H32N4O. The van der Waals surface area contributed by atoms with Crippen molar-refractivity contribution in [2.24, 2.45) is 0 Å². The van der Waals surface area contributed by atoms with E-state index in [0.717, 1.165) is 77.0 Å². The largest absolute Gasteiger partial charge is 0.456 e. The highest BCUT2D eigenvalue weighted by Crippen LogP contribution is 2.41. The Labute approximate surface area is 333 Å². The molecule has 0 amide bonds. The molecule has 0 spiro atoms. The Morgan fingerprint density at radius 1 is 0.345 bits per heavy atom. The summed E-state index contributed by atoms with van der Waals surface area (Å²) in [6.07, 6.45) is 0. The van der Waals surface area contributed by atoms with Crippen LogP contribution in [-0.2, 0) is 0 Å². The molecule has 0 bridgehead atoms. The van der Waals surface area contributed by atoms with Gasteiger partial charge in [0.2, 0.25) is 0 Å². The van der Waals surface area contributed by atoms with Crippen molar-refractivity contribution in [3.8, 4) is 51.0 Å². The van der Waals surface area contributed by atoms with Gasteiger partial charge in [-0.15, -0.1) is 0 Å². The third kappa shape index (κ3) is 5.14. The number of hydrogen-bond donors (Lipinski definition) is 0. The van der Waals surface area contributed by atoms with Gasteiger partial charge in [0.15, 0.2) is 17.5 Å². The number of rotatable bonds is 5. The normalized spacial score (nSPS) is 11.8. The predicted octanol–water partition coefficient (Wildman–Crippen LogP) is 13.8. The van der Waals surface area contributed by atoms with Gasteiger partial charge in [0, 0.05) is 43.9 Å². The third-order valence-corrected chi connectivity index (χ3v) is 11.4. The van der Waals surface area contributed by atoms with Gasteiger partial charge in [-0.25, -0.2) is 15.0 Å². The zero-order valence-corrected chi connectivity index (χ0v) is 31.2. The molecule has 0 aliphatic heterocycles. The molecular weight excluding hydrogens is 709 g/mol. The molecule has 5 heteroatoms. The zero-order chi connectivity index (χ0) is 38.2. The molecule has 0 atom stereocenters. The van der Waals surface area contributed by atoms with E-state index < -0.39 is 0 Å². The van der Waals surface area contributed by atoms with Crippen molar-refractivity contribution < 1.29 is 4.42 Å². The van der Waals surface area contributed by atoms with Crippen LogP contribution in [0.2, 0.25) is 0 Å². The van der Waals surface area contributed by atoms with Crippen LogP contribution in [0.3, 0.4) is 0 Å². The number of fused-ring (bicyclic) bond motifs is 9. The Hall–Kier alpha value is -7.89. The molecule has 0 unspecified atom stereocenters. The van der Waals surface area contributed by atoms with E-state index in [1.54, 1.807) is 0 Å². The standard InChI is InChI=1S/C53H32N4O/c1-2-12-33(13-3-1)37-26-29-44-48(31-37)58-49-32-45(40-16-6-7-19-43(40)50(44)49)53-55-51(54-52(56-53)38-23-22-34-14-4-5-15-36(34)30-38)35-24-27-39(28-25-35)57-46-20-10-8-17-41(46)42-18-9-11-21-47(42)57/h1-32H. The minimum atomic E-state index is 0.586. The lowest BCUT2D eigenvalue weighted by atomic mass is 9.97. The van der Waals surface area contributed by atoms with Crippen molar-refractivity contribution in [1.29, 1.82) is 0 Å². The van der Waals surface area contributed by atoms with Gasteiger partial charge in [-0.1, -0.05) is 133 Å². The van der Waals surface area contributed by atoms with Gasteiger partial charge in [0.1, 0.15) is 11.2 Å². The Morgan fingerprint density at radius 2 is 0.931 bits per heavy atom. The highest BCUT2D eigenvalue weighted by molar-refractivity contribution is 6.22. The summed E-state index contributed by atoms with van der Waals surface area (Å²) in [4.78, 5) is 15.6. The summed E-state index contributed by atoms with van der Waals surface area (Å²) in [6, 6.07) is 68.0. The number of furan rings is 1. The SMILES string of the molecule is c1ccc(-c2ccc3c(c2)oc2cc(-c4nc(-c5ccc(-n6c7ccccc7c7ccccc76)cc5)nc(-c5ccc6ccccc6c5)n4)c4ccccc4c23)cc1. The van der Waals surface area contributed by atoms with Crippen molar-refractivity contribution in [3.05, 3.63) is 194 Å². The van der Waals surface area contributed by atoms with Crippen molar-refractivity contribution >= 4 is 65.3 Å². The van der Waals surface area contributed by atoms with Crippen LogP contribution in [0.1, 0.15) is 0 Å². The van der Waals surface area contributed by atoms with Crippen LogP contribution in [0, 0.1) is 0 Å². The summed E-state index contributed by atoms with van der Waals surface area (Å²) >= 11 is 0. The van der Waals surface area contributed by atoms with E-state index in [-0.39, 0.29) is 0 Å². The van der Waals surface area contributed by atoms with E-state index in [9.17, 15) is 0 Å². The topological polar surface area (TPSA) is 56.7 Å². The number of hydrogen-bond acceptors (Lipinski definition) is 4. The molecule has 0 aliphatic rings. The lowest BCUT2D eigenvalue weighted by Crippen LogP contribution is -2.01. The molecule has 3 aromatic heterocycles. The first-order valence-electron chi connectivity index (χ1n) is 19.5. The van der Waals surface area contributed by atoms with E-state index >= 15 is 0 Å². The fourth-order valence-corrected chi connectivity index (χ4v) is 8.68.